The number of rotatable bonds is 16. The number of methoxy groups -OCH3 is 1. The predicted octanol–water partition coefficient (Wildman–Crippen LogP) is 4.42. The normalized spacial score (nSPS) is 21.4. The van der Waals surface area contributed by atoms with Crippen LogP contribution < -0.4 is 5.32 Å². The molecule has 4 rings (SSSR count). The van der Waals surface area contributed by atoms with E-state index >= 15 is 0 Å². The van der Waals surface area contributed by atoms with Gasteiger partial charge in [0, 0.05) is 31.4 Å². The van der Waals surface area contributed by atoms with Crippen LogP contribution in [-0.2, 0) is 18.5 Å². The third kappa shape index (κ3) is 7.72. The number of imidazole rings is 1. The maximum Gasteiger partial charge on any atom is 0.259 e. The Bertz CT molecular complexity index is 1380. The fourth-order valence-electron chi connectivity index (χ4n) is 5.12. The average molecular weight is 616 g/mol. The molecule has 232 valence electrons. The summed E-state index contributed by atoms with van der Waals surface area (Å²) in [5, 5.41) is 16.5. The van der Waals surface area contributed by atoms with Gasteiger partial charge in [-0.05, 0) is 52.7 Å². The van der Waals surface area contributed by atoms with Gasteiger partial charge in [-0.3, -0.25) is 9.36 Å². The van der Waals surface area contributed by atoms with Crippen molar-refractivity contribution in [1.82, 2.24) is 24.2 Å². The number of fused-ring (bicyclic) bond motifs is 1. The number of aliphatic hydroxyl groups excluding tert-OH is 1. The van der Waals surface area contributed by atoms with E-state index in [2.05, 4.69) is 63.8 Å². The Morgan fingerprint density at radius 2 is 2.00 bits per heavy atom. The molecular formula is C29H40N7O6P. The van der Waals surface area contributed by atoms with Crippen LogP contribution in [-0.4, -0.2) is 87.4 Å². The highest BCUT2D eigenvalue weighted by Gasteiger charge is 2.49. The summed E-state index contributed by atoms with van der Waals surface area (Å²) in [6.07, 6.45) is 1.97. The molecule has 1 aromatic carbocycles. The van der Waals surface area contributed by atoms with Crippen LogP contribution in [0.25, 0.3) is 11.2 Å². The van der Waals surface area contributed by atoms with E-state index in [0.717, 1.165) is 0 Å². The topological polar surface area (TPSA) is 157 Å². The fraction of sp³-hybridized carbons (Fsp3) is 0.552. The number of nitrogens with one attached hydrogen (secondary N) is 1. The van der Waals surface area contributed by atoms with E-state index in [1.165, 1.54) is 6.33 Å². The molecule has 2 N–H and O–H groups in total. The van der Waals surface area contributed by atoms with E-state index < -0.39 is 33.1 Å². The van der Waals surface area contributed by atoms with Gasteiger partial charge in [0.15, 0.2) is 23.2 Å². The summed E-state index contributed by atoms with van der Waals surface area (Å²) in [5.41, 5.74) is 1.33. The van der Waals surface area contributed by atoms with Crippen LogP contribution in [0, 0.1) is 11.3 Å². The van der Waals surface area contributed by atoms with Gasteiger partial charge in [-0.1, -0.05) is 18.2 Å². The minimum atomic E-state index is -1.60. The van der Waals surface area contributed by atoms with E-state index in [9.17, 15) is 4.79 Å². The number of nitriles is 1. The van der Waals surface area contributed by atoms with Crippen molar-refractivity contribution in [2.75, 3.05) is 25.6 Å². The largest absolute Gasteiger partial charge is 0.396 e. The molecule has 0 radical (unpaired) electrons. The van der Waals surface area contributed by atoms with Gasteiger partial charge in [0.2, 0.25) is 1.43 Å². The van der Waals surface area contributed by atoms with Crippen molar-refractivity contribution in [2.45, 2.75) is 83.6 Å². The molecule has 1 aliphatic rings. The maximum absolute atomic E-state index is 12.9. The number of aliphatic hydroxyl groups is 1. The SMILES string of the molecule is [3H]OCCC[C@H]1O[C@@H](n2cnc3c(NC(=O)c4ccccc4)ncnc32)[C@@H](OC)C1OP(OCCC#N)N(C(C)C)C(C)C. The quantitative estimate of drug-likeness (QED) is 0.174. The minimum Gasteiger partial charge on any atom is -0.396 e. The minimum absolute atomic E-state index is 0.108. The molecule has 1 saturated heterocycles. The second-order valence-corrected chi connectivity index (χ2v) is 12.0. The molecule has 2 aromatic heterocycles. The Balaban J connectivity index is 1.65. The zero-order chi connectivity index (χ0) is 31.6. The number of carbonyl (C=O) groups excluding carboxylic acids is 1. The van der Waals surface area contributed by atoms with Gasteiger partial charge in [-0.25, -0.2) is 19.6 Å². The van der Waals surface area contributed by atoms with Gasteiger partial charge in [0.1, 0.15) is 18.5 Å². The molecule has 3 aromatic rings. The first-order valence-electron chi connectivity index (χ1n) is 14.8. The van der Waals surface area contributed by atoms with E-state index in [-0.39, 0.29) is 43.4 Å². The number of benzene rings is 1. The molecule has 13 nitrogen and oxygen atoms in total. The first-order chi connectivity index (χ1) is 21.3. The lowest BCUT2D eigenvalue weighted by atomic mass is 10.1. The first kappa shape index (κ1) is 31.3. The summed E-state index contributed by atoms with van der Waals surface area (Å²) in [4.78, 5) is 26.1. The molecule has 1 fully saturated rings. The molecule has 0 bridgehead atoms. The van der Waals surface area contributed by atoms with E-state index in [4.69, 9.17) is 25.2 Å². The first-order valence-corrected chi connectivity index (χ1v) is 15.5. The second kappa shape index (κ2) is 15.6. The highest BCUT2D eigenvalue weighted by Crippen LogP contribution is 2.51. The van der Waals surface area contributed by atoms with Crippen LogP contribution in [0.5, 0.6) is 0 Å². The van der Waals surface area contributed by atoms with Crippen molar-refractivity contribution in [3.8, 4) is 6.07 Å². The molecule has 1 aliphatic heterocycles. The number of ether oxygens (including phenoxy) is 2. The Labute approximate surface area is 254 Å². The molecule has 0 spiro atoms. The van der Waals surface area contributed by atoms with Gasteiger partial charge >= 0.3 is 0 Å². The Morgan fingerprint density at radius 3 is 2.67 bits per heavy atom. The Kier molecular flexibility index (Phi) is 11.4. The fourth-order valence-corrected chi connectivity index (χ4v) is 6.89. The lowest BCUT2D eigenvalue weighted by Crippen LogP contribution is -2.39. The van der Waals surface area contributed by atoms with E-state index in [1.807, 2.05) is 6.07 Å². The average Bonchev–Trinajstić information content (AvgIpc) is 3.59. The Morgan fingerprint density at radius 1 is 1.23 bits per heavy atom. The summed E-state index contributed by atoms with van der Waals surface area (Å²) in [6.45, 7) is 8.75. The van der Waals surface area contributed by atoms with Crippen LogP contribution in [0.4, 0.5) is 5.82 Å². The monoisotopic (exact) mass is 615 g/mol. The van der Waals surface area contributed by atoms with Crippen molar-refractivity contribution in [2.24, 2.45) is 0 Å². The summed E-state index contributed by atoms with van der Waals surface area (Å²) in [7, 11) is -0.00467. The molecule has 3 heterocycles. The van der Waals surface area contributed by atoms with Crippen LogP contribution in [0.1, 0.15) is 63.5 Å². The summed E-state index contributed by atoms with van der Waals surface area (Å²) in [5.74, 6) is -0.0489. The van der Waals surface area contributed by atoms with Crippen molar-refractivity contribution in [1.29, 1.82) is 6.69 Å². The molecule has 43 heavy (non-hydrogen) atoms. The summed E-state index contributed by atoms with van der Waals surface area (Å²) < 4.78 is 36.6. The summed E-state index contributed by atoms with van der Waals surface area (Å²) in [6, 6.07) is 11.2. The van der Waals surface area contributed by atoms with Crippen LogP contribution in [0.15, 0.2) is 43.0 Å². The number of carbonyl (C=O) groups is 1. The lowest BCUT2D eigenvalue weighted by molar-refractivity contribution is -0.0508. The van der Waals surface area contributed by atoms with Gasteiger partial charge in [-0.15, -0.1) is 0 Å². The second-order valence-electron chi connectivity index (χ2n) is 10.6. The van der Waals surface area contributed by atoms with Gasteiger partial charge in [-0.2, -0.15) is 5.26 Å². The van der Waals surface area contributed by atoms with E-state index in [0.29, 0.717) is 29.6 Å². The van der Waals surface area contributed by atoms with Crippen molar-refractivity contribution in [3.05, 3.63) is 48.5 Å². The number of hydrogen-bond acceptors (Lipinski definition) is 11. The third-order valence-corrected chi connectivity index (χ3v) is 9.09. The third-order valence-electron chi connectivity index (χ3n) is 6.97. The number of anilines is 1. The van der Waals surface area contributed by atoms with Crippen LogP contribution in [0.2, 0.25) is 0 Å². The molecule has 2 unspecified atom stereocenters. The smallest absolute Gasteiger partial charge is 0.259 e. The van der Waals surface area contributed by atoms with Crippen molar-refractivity contribution in [3.63, 3.8) is 0 Å². The molecule has 5 atom stereocenters. The number of hydrogen-bond donors (Lipinski definition) is 2. The maximum atomic E-state index is 12.9. The van der Waals surface area contributed by atoms with Gasteiger partial charge in [0.05, 0.1) is 31.5 Å². The highest BCUT2D eigenvalue weighted by molar-refractivity contribution is 7.44. The van der Waals surface area contributed by atoms with E-state index in [1.54, 1.807) is 42.3 Å². The Hall–Kier alpha value is -3.08. The molecular weight excluding hydrogens is 573 g/mol. The number of nitrogens with zero attached hydrogens (tertiary/aromatic N) is 6. The van der Waals surface area contributed by atoms with Gasteiger partial charge < -0.3 is 28.9 Å². The predicted molar refractivity (Wildman–Crippen MR) is 161 cm³/mol. The zero-order valence-electron chi connectivity index (χ0n) is 26.1. The van der Waals surface area contributed by atoms with Crippen LogP contribution >= 0.6 is 8.53 Å². The standard InChI is InChI=1S/C29H40N7O6P/c1-19(2)36(20(3)4)43(40-16-10-14-30)42-24-22(13-9-15-37)41-29(25(24)39-5)35-18-33-23-26(31-17-32-27(23)35)34-28(38)21-11-7-6-8-12-21/h6-8,11-12,17-20,22,24-25,29,37H,9-10,13,15-16H2,1-5H3,(H,31,32,34,38)/t22-,24?,25+,29-,43?/m1/s1/i37T. The summed E-state index contributed by atoms with van der Waals surface area (Å²) >= 11 is 0. The highest BCUT2D eigenvalue weighted by atomic mass is 31.2. The van der Waals surface area contributed by atoms with Crippen molar-refractivity contribution >= 4 is 31.4 Å². The van der Waals surface area contributed by atoms with Crippen molar-refractivity contribution < 1.29 is 28.4 Å². The van der Waals surface area contributed by atoms with Crippen LogP contribution in [0.3, 0.4) is 0 Å². The molecule has 0 saturated carbocycles. The molecule has 1 amide bonds. The molecule has 14 heteroatoms. The van der Waals surface area contributed by atoms with Gasteiger partial charge in [0.25, 0.3) is 14.4 Å². The number of aromatic nitrogens is 4. The lowest BCUT2D eigenvalue weighted by Gasteiger charge is -2.38. The molecule has 0 aliphatic carbocycles. The number of amides is 1. The zero-order valence-corrected chi connectivity index (χ0v) is 26.0.